The molecule has 1 amide bonds. The molecule has 3 aromatic rings. The summed E-state index contributed by atoms with van der Waals surface area (Å²) in [5, 5.41) is 0. The quantitative estimate of drug-likeness (QED) is 0.710. The summed E-state index contributed by atoms with van der Waals surface area (Å²) in [6.07, 6.45) is 5.69. The number of para-hydroxylation sites is 2. The fourth-order valence-electron chi connectivity index (χ4n) is 2.95. The summed E-state index contributed by atoms with van der Waals surface area (Å²) < 4.78 is 7.44. The van der Waals surface area contributed by atoms with Crippen molar-refractivity contribution in [1.29, 1.82) is 0 Å². The van der Waals surface area contributed by atoms with Crippen LogP contribution in [0.3, 0.4) is 0 Å². The topological polar surface area (TPSA) is 47.4 Å². The first kappa shape index (κ1) is 15.8. The number of carbonyl (C=O) groups excluding carboxylic acids is 1. The highest BCUT2D eigenvalue weighted by atomic mass is 32.2. The summed E-state index contributed by atoms with van der Waals surface area (Å²) in [7, 11) is 1.63. The van der Waals surface area contributed by atoms with E-state index in [9.17, 15) is 4.79 Å². The first-order chi connectivity index (χ1) is 12.3. The zero-order valence-corrected chi connectivity index (χ0v) is 14.6. The highest BCUT2D eigenvalue weighted by molar-refractivity contribution is 7.99. The maximum absolute atomic E-state index is 13.1. The predicted molar refractivity (Wildman–Crippen MR) is 97.5 cm³/mol. The molecule has 1 aromatic heterocycles. The van der Waals surface area contributed by atoms with Gasteiger partial charge >= 0.3 is 0 Å². The Kier molecular flexibility index (Phi) is 4.19. The monoisotopic (exact) mass is 351 g/mol. The average molecular weight is 351 g/mol. The molecule has 6 heteroatoms. The number of hydrogen-bond donors (Lipinski definition) is 0. The van der Waals surface area contributed by atoms with Crippen LogP contribution in [0.1, 0.15) is 6.42 Å². The fraction of sp³-hybridized carbons (Fsp3) is 0.158. The standard InChI is InChI=1S/C19H17N3O2S/c1-24-15-6-4-8-17-19(15)22(14-5-2-3-7-16(14)25-17)18(23)9-11-21-12-10-20-13-21/h2-8,10,12-13H,9,11H2,1H3. The van der Waals surface area contributed by atoms with Crippen molar-refractivity contribution in [2.45, 2.75) is 22.8 Å². The van der Waals surface area contributed by atoms with Gasteiger partial charge in [-0.1, -0.05) is 30.0 Å². The van der Waals surface area contributed by atoms with Crippen LogP contribution in [0.2, 0.25) is 0 Å². The van der Waals surface area contributed by atoms with E-state index < -0.39 is 0 Å². The molecular weight excluding hydrogens is 334 g/mol. The zero-order chi connectivity index (χ0) is 17.2. The third-order valence-corrected chi connectivity index (χ3v) is 5.24. The maximum Gasteiger partial charge on any atom is 0.233 e. The van der Waals surface area contributed by atoms with Gasteiger partial charge < -0.3 is 9.30 Å². The minimum Gasteiger partial charge on any atom is -0.495 e. The van der Waals surface area contributed by atoms with Crippen molar-refractivity contribution in [3.05, 3.63) is 61.2 Å². The summed E-state index contributed by atoms with van der Waals surface area (Å²) in [6.45, 7) is 0.592. The van der Waals surface area contributed by atoms with Gasteiger partial charge in [-0.2, -0.15) is 0 Å². The van der Waals surface area contributed by atoms with E-state index in [-0.39, 0.29) is 5.91 Å². The molecule has 1 aliphatic rings. The van der Waals surface area contributed by atoms with Gasteiger partial charge in [0.05, 0.1) is 19.1 Å². The van der Waals surface area contributed by atoms with E-state index in [0.29, 0.717) is 18.7 Å². The van der Waals surface area contributed by atoms with Gasteiger partial charge in [-0.25, -0.2) is 4.98 Å². The second kappa shape index (κ2) is 6.64. The highest BCUT2D eigenvalue weighted by Gasteiger charge is 2.30. The van der Waals surface area contributed by atoms with Crippen molar-refractivity contribution in [3.8, 4) is 5.75 Å². The Labute approximate surface area is 150 Å². The van der Waals surface area contributed by atoms with E-state index in [1.165, 1.54) is 0 Å². The van der Waals surface area contributed by atoms with Crippen LogP contribution in [0.25, 0.3) is 0 Å². The Balaban J connectivity index is 1.74. The molecule has 2 heterocycles. The van der Waals surface area contributed by atoms with E-state index in [4.69, 9.17) is 4.74 Å². The number of nitrogens with zero attached hydrogens (tertiary/aromatic N) is 3. The van der Waals surface area contributed by atoms with Crippen LogP contribution in [-0.2, 0) is 11.3 Å². The molecule has 0 unspecified atom stereocenters. The molecule has 0 atom stereocenters. The maximum atomic E-state index is 13.1. The number of fused-ring (bicyclic) bond motifs is 2. The number of ether oxygens (including phenoxy) is 1. The van der Waals surface area contributed by atoms with Crippen LogP contribution in [0.4, 0.5) is 11.4 Å². The zero-order valence-electron chi connectivity index (χ0n) is 13.8. The first-order valence-corrected chi connectivity index (χ1v) is 8.82. The molecule has 0 saturated carbocycles. The van der Waals surface area contributed by atoms with Crippen LogP contribution >= 0.6 is 11.8 Å². The molecule has 126 valence electrons. The lowest BCUT2D eigenvalue weighted by atomic mass is 10.2. The predicted octanol–water partition coefficient (Wildman–Crippen LogP) is 4.11. The number of anilines is 2. The number of imidazole rings is 1. The van der Waals surface area contributed by atoms with E-state index in [1.54, 1.807) is 36.3 Å². The van der Waals surface area contributed by atoms with Gasteiger partial charge in [-0.3, -0.25) is 9.69 Å². The Morgan fingerprint density at radius 1 is 1.16 bits per heavy atom. The summed E-state index contributed by atoms with van der Waals surface area (Å²) in [5.74, 6) is 0.739. The highest BCUT2D eigenvalue weighted by Crippen LogP contribution is 2.51. The fourth-order valence-corrected chi connectivity index (χ4v) is 4.03. The van der Waals surface area contributed by atoms with E-state index >= 15 is 0 Å². The lowest BCUT2D eigenvalue weighted by Crippen LogP contribution is -2.29. The van der Waals surface area contributed by atoms with Crippen molar-refractivity contribution in [2.75, 3.05) is 12.0 Å². The first-order valence-electron chi connectivity index (χ1n) is 8.00. The summed E-state index contributed by atoms with van der Waals surface area (Å²) in [6, 6.07) is 13.8. The molecule has 0 saturated heterocycles. The Hall–Kier alpha value is -2.73. The van der Waals surface area contributed by atoms with E-state index in [1.807, 2.05) is 53.2 Å². The lowest BCUT2D eigenvalue weighted by molar-refractivity contribution is -0.118. The molecule has 0 spiro atoms. The van der Waals surface area contributed by atoms with E-state index in [2.05, 4.69) is 4.98 Å². The van der Waals surface area contributed by atoms with Crippen molar-refractivity contribution in [1.82, 2.24) is 9.55 Å². The Morgan fingerprint density at radius 2 is 2.00 bits per heavy atom. The number of benzene rings is 2. The van der Waals surface area contributed by atoms with Gasteiger partial charge in [0, 0.05) is 35.2 Å². The molecule has 2 aromatic carbocycles. The number of aromatic nitrogens is 2. The molecule has 0 fully saturated rings. The van der Waals surface area contributed by atoms with Gasteiger partial charge in [0.2, 0.25) is 5.91 Å². The molecule has 1 aliphatic heterocycles. The second-order valence-electron chi connectivity index (χ2n) is 5.66. The third kappa shape index (κ3) is 2.89. The van der Waals surface area contributed by atoms with Crippen LogP contribution in [0.5, 0.6) is 5.75 Å². The summed E-state index contributed by atoms with van der Waals surface area (Å²) in [5.41, 5.74) is 1.73. The van der Waals surface area contributed by atoms with Crippen LogP contribution in [-0.4, -0.2) is 22.6 Å². The summed E-state index contributed by atoms with van der Waals surface area (Å²) in [4.78, 5) is 21.0. The van der Waals surface area contributed by atoms with Crippen LogP contribution in [0.15, 0.2) is 71.0 Å². The van der Waals surface area contributed by atoms with Crippen molar-refractivity contribution in [3.63, 3.8) is 0 Å². The van der Waals surface area contributed by atoms with Crippen LogP contribution < -0.4 is 9.64 Å². The number of carbonyl (C=O) groups is 1. The normalized spacial score (nSPS) is 12.4. The molecule has 5 nitrogen and oxygen atoms in total. The molecule has 25 heavy (non-hydrogen) atoms. The molecule has 4 rings (SSSR count). The third-order valence-electron chi connectivity index (χ3n) is 4.12. The van der Waals surface area contributed by atoms with Gasteiger partial charge in [0.25, 0.3) is 0 Å². The molecule has 0 radical (unpaired) electrons. The Bertz CT molecular complexity index is 909. The van der Waals surface area contributed by atoms with Gasteiger partial charge in [0.1, 0.15) is 11.4 Å². The number of amides is 1. The number of rotatable bonds is 4. The van der Waals surface area contributed by atoms with Gasteiger partial charge in [-0.05, 0) is 24.3 Å². The number of hydrogen-bond acceptors (Lipinski definition) is 4. The number of aryl methyl sites for hydroxylation is 1. The van der Waals surface area contributed by atoms with Crippen molar-refractivity contribution >= 4 is 29.0 Å². The molecule has 0 aliphatic carbocycles. The lowest BCUT2D eigenvalue weighted by Gasteiger charge is -2.32. The Morgan fingerprint density at radius 3 is 2.80 bits per heavy atom. The molecule has 0 bridgehead atoms. The van der Waals surface area contributed by atoms with Crippen molar-refractivity contribution in [2.24, 2.45) is 0 Å². The molecular formula is C19H17N3O2S. The van der Waals surface area contributed by atoms with E-state index in [0.717, 1.165) is 21.2 Å². The van der Waals surface area contributed by atoms with Gasteiger partial charge in [-0.15, -0.1) is 0 Å². The SMILES string of the molecule is COc1cccc2c1N(C(=O)CCn1ccnc1)c1ccccc1S2. The minimum atomic E-state index is 0.0344. The average Bonchev–Trinajstić information content (AvgIpc) is 3.17. The van der Waals surface area contributed by atoms with Crippen molar-refractivity contribution < 1.29 is 9.53 Å². The summed E-state index contributed by atoms with van der Waals surface area (Å²) >= 11 is 1.66. The smallest absolute Gasteiger partial charge is 0.233 e. The minimum absolute atomic E-state index is 0.0344. The largest absolute Gasteiger partial charge is 0.495 e. The second-order valence-corrected chi connectivity index (χ2v) is 6.74. The van der Waals surface area contributed by atoms with Crippen LogP contribution in [0, 0.1) is 0 Å². The van der Waals surface area contributed by atoms with Gasteiger partial charge in [0.15, 0.2) is 0 Å². The number of methoxy groups -OCH3 is 1. The molecule has 0 N–H and O–H groups in total.